The van der Waals surface area contributed by atoms with Crippen LogP contribution in [0, 0.1) is 0 Å². The lowest BCUT2D eigenvalue weighted by atomic mass is 9.90. The summed E-state index contributed by atoms with van der Waals surface area (Å²) in [5, 5.41) is 25.7. The number of fused-ring (bicyclic) bond motifs is 1. The largest absolute Gasteiger partial charge is 0.481 e. The number of aromatic nitrogens is 4. The van der Waals surface area contributed by atoms with Crippen molar-refractivity contribution in [1.82, 2.24) is 29.5 Å². The summed E-state index contributed by atoms with van der Waals surface area (Å²) in [6.07, 6.45) is 5.65. The number of likely N-dealkylation sites (N-methyl/N-ethyl adjacent to an activating group) is 1. The van der Waals surface area contributed by atoms with Crippen LogP contribution in [0.5, 0.6) is 0 Å². The lowest BCUT2D eigenvalue weighted by Crippen LogP contribution is -2.49. The molecular formula is C34H42N8O5. The lowest BCUT2D eigenvalue weighted by molar-refractivity contribution is -0.140. The first kappa shape index (κ1) is 33.5. The first-order valence-corrected chi connectivity index (χ1v) is 15.9. The Morgan fingerprint density at radius 1 is 0.915 bits per heavy atom. The average molecular weight is 643 g/mol. The topological polar surface area (TPSA) is 180 Å². The van der Waals surface area contributed by atoms with Crippen LogP contribution in [0.2, 0.25) is 0 Å². The highest BCUT2D eigenvalue weighted by Gasteiger charge is 2.31. The number of amides is 1. The van der Waals surface area contributed by atoms with E-state index < -0.39 is 17.9 Å². The predicted octanol–water partition coefficient (Wildman–Crippen LogP) is 4.09. The van der Waals surface area contributed by atoms with Crippen molar-refractivity contribution in [2.45, 2.75) is 57.0 Å². The summed E-state index contributed by atoms with van der Waals surface area (Å²) < 4.78 is 2.04. The molecule has 2 fully saturated rings. The highest BCUT2D eigenvalue weighted by Crippen LogP contribution is 2.37. The molecule has 1 aliphatic carbocycles. The van der Waals surface area contributed by atoms with Crippen molar-refractivity contribution in [3.05, 3.63) is 66.5 Å². The van der Waals surface area contributed by atoms with Crippen molar-refractivity contribution in [2.75, 3.05) is 44.3 Å². The molecule has 2 aromatic carbocycles. The van der Waals surface area contributed by atoms with Crippen LogP contribution in [0.25, 0.3) is 22.3 Å². The van der Waals surface area contributed by atoms with Gasteiger partial charge in [0.05, 0.1) is 17.3 Å². The third kappa shape index (κ3) is 8.29. The van der Waals surface area contributed by atoms with Gasteiger partial charge in [-0.1, -0.05) is 42.5 Å². The van der Waals surface area contributed by atoms with Gasteiger partial charge in [0, 0.05) is 56.8 Å². The fourth-order valence-electron chi connectivity index (χ4n) is 6.45. The zero-order valence-corrected chi connectivity index (χ0v) is 26.7. The minimum Gasteiger partial charge on any atom is -0.481 e. The molecule has 0 radical (unpaired) electrons. The van der Waals surface area contributed by atoms with Gasteiger partial charge < -0.3 is 26.2 Å². The molecule has 2 aromatic heterocycles. The van der Waals surface area contributed by atoms with E-state index in [4.69, 9.17) is 20.7 Å². The molecule has 1 saturated carbocycles. The molecule has 13 nitrogen and oxygen atoms in total. The number of carboxylic acids is 2. The molecule has 1 aliphatic heterocycles. The van der Waals surface area contributed by atoms with Crippen LogP contribution in [0.3, 0.4) is 0 Å². The first-order valence-electron chi connectivity index (χ1n) is 15.9. The molecule has 0 spiro atoms. The standard InChI is InChI=1S/C32H38N8O3.C2H4O2/c1-38-15-17-39(18-16-38)24-11-13-25(14-12-24)40-31-28(30(33)34-20-35-31)29(37-40)22-7-9-23(10-8-22)36-27(41)19-26(32(42)43)21-5-3-2-4-6-21;1-2(3)4/h2-10,20,24-26H,11-19H2,1H3,(H,36,41)(H,42,43)(H2,33,34,35);1H3,(H,3,4)/t24-,25+,26?;. The van der Waals surface area contributed by atoms with Gasteiger partial charge in [-0.3, -0.25) is 19.3 Å². The van der Waals surface area contributed by atoms with Crippen LogP contribution in [-0.4, -0.2) is 96.9 Å². The number of anilines is 2. The van der Waals surface area contributed by atoms with E-state index in [9.17, 15) is 14.7 Å². The predicted molar refractivity (Wildman–Crippen MR) is 179 cm³/mol. The van der Waals surface area contributed by atoms with Gasteiger partial charge in [0.2, 0.25) is 5.91 Å². The SMILES string of the molecule is CC(=O)O.CN1CCN([C@H]2CC[C@@H](n3nc(-c4ccc(NC(=O)CC(C(=O)O)c5ccccc5)cc4)c4c(N)ncnc43)CC2)CC1. The number of carbonyl (C=O) groups excluding carboxylic acids is 1. The average Bonchev–Trinajstić information content (AvgIpc) is 3.45. The Morgan fingerprint density at radius 2 is 1.53 bits per heavy atom. The lowest BCUT2D eigenvalue weighted by Gasteiger charge is -2.41. The number of hydrogen-bond acceptors (Lipinski definition) is 9. The van der Waals surface area contributed by atoms with Gasteiger partial charge in [0.1, 0.15) is 17.8 Å². The molecule has 0 bridgehead atoms. The summed E-state index contributed by atoms with van der Waals surface area (Å²) in [7, 11) is 2.19. The quantitative estimate of drug-likeness (QED) is 0.217. The van der Waals surface area contributed by atoms with Crippen LogP contribution in [0.1, 0.15) is 56.6 Å². The summed E-state index contributed by atoms with van der Waals surface area (Å²) in [4.78, 5) is 47.5. The number of nitrogens with one attached hydrogen (secondary N) is 1. The number of nitrogens with zero attached hydrogens (tertiary/aromatic N) is 6. The monoisotopic (exact) mass is 642 g/mol. The van der Waals surface area contributed by atoms with Crippen LogP contribution in [-0.2, 0) is 14.4 Å². The fourth-order valence-corrected chi connectivity index (χ4v) is 6.45. The number of carboxylic acid groups (broad SMARTS) is 2. The van der Waals surface area contributed by atoms with E-state index in [1.807, 2.05) is 22.9 Å². The Kier molecular flexibility index (Phi) is 10.8. The van der Waals surface area contributed by atoms with Crippen molar-refractivity contribution < 1.29 is 24.6 Å². The summed E-state index contributed by atoms with van der Waals surface area (Å²) in [6, 6.07) is 17.0. The zero-order valence-electron chi connectivity index (χ0n) is 26.7. The Morgan fingerprint density at radius 3 is 2.15 bits per heavy atom. The van der Waals surface area contributed by atoms with E-state index in [0.717, 1.165) is 75.4 Å². The summed E-state index contributed by atoms with van der Waals surface area (Å²) in [5.41, 5.74) is 9.81. The van der Waals surface area contributed by atoms with Crippen molar-refractivity contribution in [3.8, 4) is 11.3 Å². The maximum absolute atomic E-state index is 12.8. The number of piperazine rings is 1. The molecule has 1 atom stereocenters. The Balaban J connectivity index is 0.00000103. The Hall–Kier alpha value is -4.88. The third-order valence-electron chi connectivity index (χ3n) is 8.92. The zero-order chi connectivity index (χ0) is 33.5. The van der Waals surface area contributed by atoms with E-state index >= 15 is 0 Å². The Labute approximate surface area is 273 Å². The van der Waals surface area contributed by atoms with Gasteiger partial charge >= 0.3 is 5.97 Å². The number of nitrogens with two attached hydrogens (primary N) is 1. The van der Waals surface area contributed by atoms with Crippen molar-refractivity contribution in [3.63, 3.8) is 0 Å². The van der Waals surface area contributed by atoms with E-state index in [1.54, 1.807) is 36.4 Å². The summed E-state index contributed by atoms with van der Waals surface area (Å²) in [6.45, 7) is 5.60. The van der Waals surface area contributed by atoms with Crippen LogP contribution in [0.15, 0.2) is 60.9 Å². The number of carbonyl (C=O) groups is 3. The molecule has 13 heteroatoms. The minimum atomic E-state index is -1.04. The smallest absolute Gasteiger partial charge is 0.311 e. The maximum atomic E-state index is 12.8. The fraction of sp³-hybridized carbons (Fsp3) is 0.412. The van der Waals surface area contributed by atoms with E-state index in [-0.39, 0.29) is 18.4 Å². The van der Waals surface area contributed by atoms with E-state index in [2.05, 4.69) is 32.1 Å². The normalized spacial score (nSPS) is 19.4. The highest BCUT2D eigenvalue weighted by molar-refractivity contribution is 5.99. The van der Waals surface area contributed by atoms with Gasteiger partial charge in [-0.15, -0.1) is 0 Å². The third-order valence-corrected chi connectivity index (χ3v) is 8.92. The van der Waals surface area contributed by atoms with Crippen LogP contribution in [0.4, 0.5) is 11.5 Å². The molecule has 1 unspecified atom stereocenters. The second-order valence-electron chi connectivity index (χ2n) is 12.2. The molecule has 3 heterocycles. The van der Waals surface area contributed by atoms with Gasteiger partial charge in [-0.05, 0) is 50.4 Å². The number of rotatable bonds is 8. The minimum absolute atomic E-state index is 0.166. The van der Waals surface area contributed by atoms with Crippen molar-refractivity contribution in [1.29, 1.82) is 0 Å². The summed E-state index contributed by atoms with van der Waals surface area (Å²) >= 11 is 0. The number of aliphatic carboxylic acids is 2. The van der Waals surface area contributed by atoms with Gasteiger partial charge in [-0.25, -0.2) is 14.6 Å². The molecule has 1 amide bonds. The maximum Gasteiger partial charge on any atom is 0.311 e. The van der Waals surface area contributed by atoms with Crippen LogP contribution < -0.4 is 11.1 Å². The number of nitrogen functional groups attached to an aromatic ring is 1. The molecule has 1 saturated heterocycles. The molecule has 2 aliphatic rings. The van der Waals surface area contributed by atoms with Crippen molar-refractivity contribution >= 4 is 40.4 Å². The van der Waals surface area contributed by atoms with Gasteiger partial charge in [-0.2, -0.15) is 5.10 Å². The van der Waals surface area contributed by atoms with Gasteiger partial charge in [0.25, 0.3) is 5.97 Å². The molecule has 4 aromatic rings. The number of hydrogen-bond donors (Lipinski definition) is 4. The molecule has 6 rings (SSSR count). The second-order valence-corrected chi connectivity index (χ2v) is 12.2. The van der Waals surface area contributed by atoms with Crippen molar-refractivity contribution in [2.24, 2.45) is 0 Å². The van der Waals surface area contributed by atoms with Crippen LogP contribution >= 0.6 is 0 Å². The van der Waals surface area contributed by atoms with E-state index in [1.165, 1.54) is 6.33 Å². The molecule has 5 N–H and O–H groups in total. The summed E-state index contributed by atoms with van der Waals surface area (Å²) in [5.74, 6) is -2.78. The first-order chi connectivity index (χ1) is 22.6. The molecule has 248 valence electrons. The highest BCUT2D eigenvalue weighted by atomic mass is 16.4. The second kappa shape index (κ2) is 15.1. The Bertz CT molecular complexity index is 1670. The molecular weight excluding hydrogens is 600 g/mol. The van der Waals surface area contributed by atoms with Gasteiger partial charge in [0.15, 0.2) is 5.65 Å². The number of benzene rings is 2. The molecule has 47 heavy (non-hydrogen) atoms. The van der Waals surface area contributed by atoms with E-state index in [0.29, 0.717) is 28.8 Å².